The van der Waals surface area contributed by atoms with Crippen LogP contribution < -0.4 is 10.6 Å². The maximum absolute atomic E-state index is 11.7. The van der Waals surface area contributed by atoms with E-state index < -0.39 is 10.0 Å². The molecule has 1 aromatic rings. The zero-order valence-electron chi connectivity index (χ0n) is 8.31. The molecular weight excluding hydrogens is 234 g/mol. The molecule has 2 rings (SSSR count). The van der Waals surface area contributed by atoms with Crippen molar-refractivity contribution < 1.29 is 8.42 Å². The van der Waals surface area contributed by atoms with Gasteiger partial charge in [-0.15, -0.1) is 15.7 Å². The van der Waals surface area contributed by atoms with Crippen LogP contribution in [0.2, 0.25) is 0 Å². The van der Waals surface area contributed by atoms with Crippen molar-refractivity contribution >= 4 is 33.0 Å². The number of fused-ring (bicyclic) bond motifs is 1. The summed E-state index contributed by atoms with van der Waals surface area (Å²) in [4.78, 5) is 0.252. The molecular formula is C8H11N3O2S2. The summed E-state index contributed by atoms with van der Waals surface area (Å²) >= 11 is 1.34. The molecule has 1 aliphatic heterocycles. The molecule has 0 saturated heterocycles. The average Bonchev–Trinajstić information content (AvgIpc) is 2.49. The van der Waals surface area contributed by atoms with Gasteiger partial charge in [0.1, 0.15) is 4.90 Å². The molecule has 5 nitrogen and oxygen atoms in total. The Morgan fingerprint density at radius 2 is 2.20 bits per heavy atom. The maximum atomic E-state index is 11.7. The highest BCUT2D eigenvalue weighted by atomic mass is 32.2. The van der Waals surface area contributed by atoms with E-state index in [0.717, 1.165) is 0 Å². The molecule has 0 amide bonds. The Morgan fingerprint density at radius 1 is 1.47 bits per heavy atom. The lowest BCUT2D eigenvalue weighted by molar-refractivity contribution is 0.597. The van der Waals surface area contributed by atoms with E-state index in [0.29, 0.717) is 5.69 Å². The van der Waals surface area contributed by atoms with Gasteiger partial charge in [0.05, 0.1) is 5.69 Å². The molecule has 2 heterocycles. The van der Waals surface area contributed by atoms with Crippen LogP contribution >= 0.6 is 11.3 Å². The van der Waals surface area contributed by atoms with Gasteiger partial charge in [-0.2, -0.15) is 8.42 Å². The van der Waals surface area contributed by atoms with Crippen molar-refractivity contribution in [3.63, 3.8) is 0 Å². The molecule has 0 aliphatic carbocycles. The smallest absolute Gasteiger partial charge is 0.288 e. The molecule has 1 aromatic heterocycles. The number of thiophene rings is 1. The second-order valence-corrected chi connectivity index (χ2v) is 5.80. The summed E-state index contributed by atoms with van der Waals surface area (Å²) < 4.78 is 27.0. The Labute approximate surface area is 92.3 Å². The molecule has 0 spiro atoms. The lowest BCUT2D eigenvalue weighted by atomic mass is 10.4. The highest BCUT2D eigenvalue weighted by molar-refractivity contribution is 7.90. The van der Waals surface area contributed by atoms with Crippen LogP contribution in [0.25, 0.3) is 0 Å². The Hall–Kier alpha value is -1.08. The molecule has 0 unspecified atom stereocenters. The summed E-state index contributed by atoms with van der Waals surface area (Å²) in [6.07, 6.45) is 0. The Bertz CT molecular complexity index is 502. The van der Waals surface area contributed by atoms with Crippen molar-refractivity contribution in [3.8, 4) is 0 Å². The molecule has 2 N–H and O–H groups in total. The zero-order chi connectivity index (χ0) is 11.1. The van der Waals surface area contributed by atoms with Gasteiger partial charge in [0, 0.05) is 16.8 Å². The maximum Gasteiger partial charge on any atom is 0.288 e. The van der Waals surface area contributed by atoms with Crippen LogP contribution in [-0.4, -0.2) is 20.4 Å². The molecule has 7 heteroatoms. The molecule has 82 valence electrons. The first-order chi connectivity index (χ1) is 6.99. The van der Waals surface area contributed by atoms with Crippen LogP contribution in [0.5, 0.6) is 0 Å². The normalized spacial score (nSPS) is 17.9. The molecule has 0 atom stereocenters. The third kappa shape index (κ3) is 1.98. The summed E-state index contributed by atoms with van der Waals surface area (Å²) in [5.74, 6) is 0.288. The van der Waals surface area contributed by atoms with Gasteiger partial charge in [-0.3, -0.25) is 0 Å². The van der Waals surface area contributed by atoms with E-state index in [1.54, 1.807) is 10.8 Å². The number of anilines is 1. The lowest BCUT2D eigenvalue weighted by Crippen LogP contribution is -2.38. The van der Waals surface area contributed by atoms with Crippen LogP contribution in [0.4, 0.5) is 5.69 Å². The standard InChI is InChI=1S/C8H11N3O2S2/c1-5(2)9-8-10-6-3-14-4-7(6)15(12,13)11-8/h3-5H,1-2H3,(H2,9,10,11). The van der Waals surface area contributed by atoms with Gasteiger partial charge in [0.2, 0.25) is 5.96 Å². The molecule has 0 bridgehead atoms. The van der Waals surface area contributed by atoms with E-state index in [4.69, 9.17) is 0 Å². The first-order valence-corrected chi connectivity index (χ1v) is 6.82. The number of sulfonamides is 1. The summed E-state index contributed by atoms with van der Waals surface area (Å²) in [5.41, 5.74) is 0.596. The van der Waals surface area contributed by atoms with Crippen LogP contribution in [0, 0.1) is 0 Å². The topological polar surface area (TPSA) is 70.6 Å². The fourth-order valence-corrected chi connectivity index (χ4v) is 3.43. The molecule has 0 radical (unpaired) electrons. The number of nitrogens with zero attached hydrogens (tertiary/aromatic N) is 1. The van der Waals surface area contributed by atoms with Crippen molar-refractivity contribution in [3.05, 3.63) is 10.8 Å². The predicted octanol–water partition coefficient (Wildman–Crippen LogP) is 1.22. The molecule has 0 saturated carbocycles. The van der Waals surface area contributed by atoms with Crippen LogP contribution in [0.3, 0.4) is 0 Å². The van der Waals surface area contributed by atoms with Crippen LogP contribution in [0.15, 0.2) is 20.1 Å². The molecule has 15 heavy (non-hydrogen) atoms. The molecule has 0 aromatic carbocycles. The largest absolute Gasteiger partial charge is 0.353 e. The van der Waals surface area contributed by atoms with Gasteiger partial charge in [-0.05, 0) is 13.8 Å². The monoisotopic (exact) mass is 245 g/mol. The number of rotatable bonds is 1. The van der Waals surface area contributed by atoms with E-state index >= 15 is 0 Å². The molecule has 0 fully saturated rings. The van der Waals surface area contributed by atoms with Crippen LogP contribution in [0.1, 0.15) is 13.8 Å². The van der Waals surface area contributed by atoms with Crippen molar-refractivity contribution in [2.75, 3.05) is 5.32 Å². The minimum absolute atomic E-state index is 0.131. The first kappa shape index (κ1) is 10.4. The summed E-state index contributed by atoms with van der Waals surface area (Å²) in [7, 11) is -3.52. The van der Waals surface area contributed by atoms with E-state index in [9.17, 15) is 8.42 Å². The Kier molecular flexibility index (Phi) is 2.43. The fourth-order valence-electron chi connectivity index (χ4n) is 1.23. The van der Waals surface area contributed by atoms with Crippen molar-refractivity contribution in [2.24, 2.45) is 4.40 Å². The van der Waals surface area contributed by atoms with Gasteiger partial charge >= 0.3 is 0 Å². The van der Waals surface area contributed by atoms with Gasteiger partial charge in [0.25, 0.3) is 10.0 Å². The number of nitrogens with one attached hydrogen (secondary N) is 2. The van der Waals surface area contributed by atoms with E-state index in [1.165, 1.54) is 11.3 Å². The van der Waals surface area contributed by atoms with Crippen molar-refractivity contribution in [2.45, 2.75) is 24.8 Å². The minimum Gasteiger partial charge on any atom is -0.353 e. The average molecular weight is 245 g/mol. The highest BCUT2D eigenvalue weighted by Gasteiger charge is 2.25. The lowest BCUT2D eigenvalue weighted by Gasteiger charge is -2.18. The Balaban J connectivity index is 2.39. The van der Waals surface area contributed by atoms with Gasteiger partial charge in [0.15, 0.2) is 0 Å². The quantitative estimate of drug-likeness (QED) is 0.780. The predicted molar refractivity (Wildman–Crippen MR) is 60.8 cm³/mol. The summed E-state index contributed by atoms with van der Waals surface area (Å²) in [6, 6.07) is 0.131. The third-order valence-electron chi connectivity index (χ3n) is 1.79. The second kappa shape index (κ2) is 3.49. The summed E-state index contributed by atoms with van der Waals surface area (Å²) in [5, 5.41) is 9.20. The van der Waals surface area contributed by atoms with Gasteiger partial charge in [-0.25, -0.2) is 0 Å². The van der Waals surface area contributed by atoms with E-state index in [1.807, 2.05) is 13.8 Å². The van der Waals surface area contributed by atoms with Gasteiger partial charge < -0.3 is 10.6 Å². The second-order valence-electron chi connectivity index (χ2n) is 3.49. The zero-order valence-corrected chi connectivity index (χ0v) is 9.95. The SMILES string of the molecule is CC(C)NC1=NS(=O)(=O)c2cscc2N1. The number of hydrogen-bond donors (Lipinski definition) is 2. The minimum atomic E-state index is -3.52. The number of hydrogen-bond acceptors (Lipinski definition) is 5. The third-order valence-corrected chi connectivity index (χ3v) is 4.00. The first-order valence-electron chi connectivity index (χ1n) is 4.44. The van der Waals surface area contributed by atoms with Crippen molar-refractivity contribution in [1.82, 2.24) is 5.32 Å². The molecule has 1 aliphatic rings. The Morgan fingerprint density at radius 3 is 2.87 bits per heavy atom. The van der Waals surface area contributed by atoms with Crippen molar-refractivity contribution in [1.29, 1.82) is 0 Å². The van der Waals surface area contributed by atoms with Gasteiger partial charge in [-0.1, -0.05) is 0 Å². The summed E-state index contributed by atoms with van der Waals surface area (Å²) in [6.45, 7) is 3.83. The number of guanidine groups is 1. The fraction of sp³-hybridized carbons (Fsp3) is 0.375. The van der Waals surface area contributed by atoms with E-state index in [-0.39, 0.29) is 16.9 Å². The van der Waals surface area contributed by atoms with Crippen LogP contribution in [-0.2, 0) is 10.0 Å². The highest BCUT2D eigenvalue weighted by Crippen LogP contribution is 2.30. The van der Waals surface area contributed by atoms with E-state index in [2.05, 4.69) is 15.0 Å².